The molecular formula is C9H20N3O5+. The average Bonchev–Trinajstić information content (AvgIpc) is 3.12. The zero-order chi connectivity index (χ0) is 12.9. The molecule has 0 aromatic carbocycles. The fourth-order valence-electron chi connectivity index (χ4n) is 1.28. The Morgan fingerprint density at radius 2 is 1.76 bits per heavy atom. The monoisotopic (exact) mass is 250 g/mol. The Bertz CT molecular complexity index is 257. The molecule has 1 aliphatic heterocycles. The van der Waals surface area contributed by atoms with E-state index in [-0.39, 0.29) is 37.1 Å². The smallest absolute Gasteiger partial charge is 0.372 e. The first-order chi connectivity index (χ1) is 8.05. The highest BCUT2D eigenvalue weighted by Crippen LogP contribution is 2.23. The number of rotatable bonds is 8. The van der Waals surface area contributed by atoms with Crippen molar-refractivity contribution < 1.29 is 29.8 Å². The van der Waals surface area contributed by atoms with Gasteiger partial charge < -0.3 is 15.3 Å². The Balaban J connectivity index is 2.46. The van der Waals surface area contributed by atoms with Crippen LogP contribution < -0.4 is 11.1 Å². The molecule has 0 aromatic rings. The molecule has 0 unspecified atom stereocenters. The van der Waals surface area contributed by atoms with Gasteiger partial charge in [0, 0.05) is 34.2 Å². The Labute approximate surface area is 99.2 Å². The lowest BCUT2D eigenvalue weighted by Gasteiger charge is -2.26. The van der Waals surface area contributed by atoms with Crippen LogP contribution in [0.1, 0.15) is 19.8 Å². The van der Waals surface area contributed by atoms with E-state index < -0.39 is 5.41 Å². The molecule has 0 aliphatic carbocycles. The molecule has 0 bridgehead atoms. The predicted octanol–water partition coefficient (Wildman–Crippen LogP) is -2.04. The van der Waals surface area contributed by atoms with Crippen LogP contribution in [0, 0.1) is 5.41 Å². The van der Waals surface area contributed by atoms with Crippen LogP contribution >= 0.6 is 0 Å². The second kappa shape index (κ2) is 5.71. The van der Waals surface area contributed by atoms with Gasteiger partial charge in [-0.25, -0.2) is 9.63 Å². The second-order valence-corrected chi connectivity index (χ2v) is 4.23. The van der Waals surface area contributed by atoms with Gasteiger partial charge in [-0.05, 0) is 0 Å². The van der Waals surface area contributed by atoms with E-state index in [0.717, 1.165) is 0 Å². The molecule has 100 valence electrons. The van der Waals surface area contributed by atoms with Crippen molar-refractivity contribution in [2.24, 2.45) is 5.41 Å². The lowest BCUT2D eigenvalue weighted by atomic mass is 9.87. The molecule has 8 heteroatoms. The lowest BCUT2D eigenvalue weighted by Crippen LogP contribution is -2.42. The van der Waals surface area contributed by atoms with Gasteiger partial charge >= 0.3 is 5.97 Å². The SMILES string of the molecule is CCC(=O)O[N+]1(CCC(CO)(CO)CO)NN1. The van der Waals surface area contributed by atoms with Crippen LogP contribution in [-0.2, 0) is 9.63 Å². The maximum absolute atomic E-state index is 11.1. The van der Waals surface area contributed by atoms with Crippen molar-refractivity contribution in [1.82, 2.24) is 11.1 Å². The van der Waals surface area contributed by atoms with Gasteiger partial charge in [-0.1, -0.05) is 6.92 Å². The van der Waals surface area contributed by atoms with Gasteiger partial charge in [0.2, 0.25) is 0 Å². The van der Waals surface area contributed by atoms with E-state index >= 15 is 0 Å². The fraction of sp³-hybridized carbons (Fsp3) is 0.889. The molecular weight excluding hydrogens is 230 g/mol. The first-order valence-electron chi connectivity index (χ1n) is 5.53. The van der Waals surface area contributed by atoms with E-state index in [1.165, 1.54) is 0 Å². The molecule has 0 atom stereocenters. The standard InChI is InChI=1S/C9H20N3O5/c1-2-8(16)17-12(10-11-12)4-3-9(5-13,6-14)7-15/h10-11,13-15H,2-7H2,1H3/q+1. The van der Waals surface area contributed by atoms with Crippen LogP contribution in [0.4, 0.5) is 0 Å². The maximum Gasteiger partial charge on any atom is 0.372 e. The molecule has 0 amide bonds. The Morgan fingerprint density at radius 1 is 1.24 bits per heavy atom. The summed E-state index contributed by atoms with van der Waals surface area (Å²) in [6, 6.07) is 0. The van der Waals surface area contributed by atoms with Crippen LogP contribution in [-0.4, -0.2) is 52.5 Å². The number of hydrogen-bond donors (Lipinski definition) is 5. The highest BCUT2D eigenvalue weighted by molar-refractivity contribution is 5.68. The number of quaternary nitrogens is 1. The van der Waals surface area contributed by atoms with Crippen molar-refractivity contribution in [3.63, 3.8) is 0 Å². The molecule has 1 saturated heterocycles. The zero-order valence-electron chi connectivity index (χ0n) is 9.85. The third-order valence-corrected chi connectivity index (χ3v) is 2.87. The summed E-state index contributed by atoms with van der Waals surface area (Å²) in [6.45, 7) is 0.986. The topological polar surface area (TPSA) is 131 Å². The first-order valence-corrected chi connectivity index (χ1v) is 5.53. The molecule has 5 N–H and O–H groups in total. The molecule has 0 spiro atoms. The predicted molar refractivity (Wildman–Crippen MR) is 56.1 cm³/mol. The largest absolute Gasteiger partial charge is 0.396 e. The van der Waals surface area contributed by atoms with Crippen LogP contribution in [0.5, 0.6) is 0 Å². The highest BCUT2D eigenvalue weighted by Gasteiger charge is 2.50. The Morgan fingerprint density at radius 3 is 2.12 bits per heavy atom. The minimum absolute atomic E-state index is 0.242. The minimum atomic E-state index is -0.962. The summed E-state index contributed by atoms with van der Waals surface area (Å²) in [6.07, 6.45) is 0.558. The van der Waals surface area contributed by atoms with Crippen LogP contribution in [0.15, 0.2) is 0 Å². The molecule has 1 rings (SSSR count). The quantitative estimate of drug-likeness (QED) is 0.248. The van der Waals surface area contributed by atoms with Crippen LogP contribution in [0.25, 0.3) is 0 Å². The van der Waals surface area contributed by atoms with Crippen LogP contribution in [0.3, 0.4) is 0 Å². The Kier molecular flexibility index (Phi) is 4.80. The fourth-order valence-corrected chi connectivity index (χ4v) is 1.28. The van der Waals surface area contributed by atoms with Gasteiger partial charge in [0.15, 0.2) is 6.54 Å². The molecule has 0 saturated carbocycles. The van der Waals surface area contributed by atoms with E-state index in [1.54, 1.807) is 6.92 Å². The molecule has 0 aromatic heterocycles. The molecule has 1 aliphatic rings. The summed E-state index contributed by atoms with van der Waals surface area (Å²) in [5.41, 5.74) is 4.35. The van der Waals surface area contributed by atoms with E-state index in [2.05, 4.69) is 11.1 Å². The lowest BCUT2D eigenvalue weighted by molar-refractivity contribution is -1.03. The van der Waals surface area contributed by atoms with Crippen molar-refractivity contribution >= 4 is 5.97 Å². The Hall–Kier alpha value is -0.770. The van der Waals surface area contributed by atoms with E-state index in [0.29, 0.717) is 13.0 Å². The normalized spacial score (nSPS) is 17.9. The number of nitrogens with one attached hydrogen (secondary N) is 2. The van der Waals surface area contributed by atoms with Crippen molar-refractivity contribution in [2.45, 2.75) is 19.8 Å². The molecule has 8 nitrogen and oxygen atoms in total. The van der Waals surface area contributed by atoms with Crippen molar-refractivity contribution in [1.29, 1.82) is 0 Å². The van der Waals surface area contributed by atoms with Crippen LogP contribution in [0.2, 0.25) is 0 Å². The highest BCUT2D eigenvalue weighted by atomic mass is 16.9. The first kappa shape index (κ1) is 14.3. The second-order valence-electron chi connectivity index (χ2n) is 4.23. The summed E-state index contributed by atoms with van der Waals surface area (Å²) < 4.78 is 0. The number of carbonyl (C=O) groups is 1. The van der Waals surface area contributed by atoms with Gasteiger partial charge in [-0.15, -0.1) is 0 Å². The van der Waals surface area contributed by atoms with Gasteiger partial charge in [-0.3, -0.25) is 0 Å². The zero-order valence-corrected chi connectivity index (χ0v) is 9.85. The summed E-state index contributed by atoms with van der Waals surface area (Å²) >= 11 is 0. The summed E-state index contributed by atoms with van der Waals surface area (Å²) in [5.74, 6) is -0.370. The number of carbonyl (C=O) groups excluding carboxylic acids is 1. The van der Waals surface area contributed by atoms with E-state index in [9.17, 15) is 4.79 Å². The maximum atomic E-state index is 11.1. The molecule has 1 heterocycles. The number of hydrogen-bond acceptors (Lipinski definition) is 7. The van der Waals surface area contributed by atoms with Gasteiger partial charge in [0.05, 0.1) is 19.8 Å². The number of nitrogens with zero attached hydrogens (tertiary/aromatic N) is 1. The van der Waals surface area contributed by atoms with Gasteiger partial charge in [0.25, 0.3) is 0 Å². The average molecular weight is 250 g/mol. The van der Waals surface area contributed by atoms with Crippen molar-refractivity contribution in [3.8, 4) is 0 Å². The summed E-state index contributed by atoms with van der Waals surface area (Å²) in [4.78, 5) is 16.0. The molecule has 0 radical (unpaired) electrons. The third kappa shape index (κ3) is 3.60. The van der Waals surface area contributed by atoms with Crippen molar-refractivity contribution in [3.05, 3.63) is 0 Å². The van der Waals surface area contributed by atoms with E-state index in [1.807, 2.05) is 0 Å². The number of aliphatic hydroxyl groups excluding tert-OH is 3. The molecule has 1 fully saturated rings. The number of hydroxylamine groups is 1. The van der Waals surface area contributed by atoms with E-state index in [4.69, 9.17) is 20.2 Å². The molecule has 17 heavy (non-hydrogen) atoms. The van der Waals surface area contributed by atoms with Gasteiger partial charge in [0.1, 0.15) is 0 Å². The number of hydrazine groups is 1. The summed E-state index contributed by atoms with van der Waals surface area (Å²) in [7, 11) is 0. The third-order valence-electron chi connectivity index (χ3n) is 2.87. The number of aliphatic hydroxyl groups is 3. The minimum Gasteiger partial charge on any atom is -0.396 e. The summed E-state index contributed by atoms with van der Waals surface area (Å²) in [5, 5.41) is 27.4. The van der Waals surface area contributed by atoms with Gasteiger partial charge in [-0.2, -0.15) is 0 Å². The van der Waals surface area contributed by atoms with Crippen molar-refractivity contribution in [2.75, 3.05) is 26.4 Å².